The van der Waals surface area contributed by atoms with Crippen molar-refractivity contribution in [2.24, 2.45) is 0 Å². The summed E-state index contributed by atoms with van der Waals surface area (Å²) in [5.74, 6) is -0.193. The van der Waals surface area contributed by atoms with Gasteiger partial charge in [-0.15, -0.1) is 0 Å². The molecule has 6 N–H and O–H groups in total. The monoisotopic (exact) mass is 1110 g/mol. The Morgan fingerprint density at radius 3 is 1.22 bits per heavy atom. The van der Waals surface area contributed by atoms with E-state index in [1.807, 2.05) is 6.08 Å². The van der Waals surface area contributed by atoms with Crippen LogP contribution in [0.5, 0.6) is 0 Å². The molecule has 1 rings (SSSR count). The van der Waals surface area contributed by atoms with Gasteiger partial charge in [0.25, 0.3) is 0 Å². The summed E-state index contributed by atoms with van der Waals surface area (Å²) in [4.78, 5) is 13.1. The summed E-state index contributed by atoms with van der Waals surface area (Å²) in [6.07, 6.45) is 76.8. The molecule has 0 saturated carbocycles. The largest absolute Gasteiger partial charge is 0.394 e. The maximum absolute atomic E-state index is 13.1. The van der Waals surface area contributed by atoms with Crippen LogP contribution in [-0.2, 0) is 14.3 Å². The summed E-state index contributed by atoms with van der Waals surface area (Å²) in [5.41, 5.74) is 0. The lowest BCUT2D eigenvalue weighted by atomic mass is 9.99. The molecule has 0 aromatic carbocycles. The van der Waals surface area contributed by atoms with Gasteiger partial charge in [0, 0.05) is 6.42 Å². The lowest BCUT2D eigenvalue weighted by Gasteiger charge is -2.40. The molecular weight excluding hydrogens is 983 g/mol. The number of nitrogens with one attached hydrogen (secondary N) is 1. The summed E-state index contributed by atoms with van der Waals surface area (Å²) in [5, 5.41) is 54.7. The van der Waals surface area contributed by atoms with Crippen molar-refractivity contribution in [2.75, 3.05) is 13.2 Å². The highest BCUT2D eigenvalue weighted by molar-refractivity contribution is 5.76. The van der Waals surface area contributed by atoms with Crippen LogP contribution in [0.3, 0.4) is 0 Å². The standard InChI is InChI=1S/C70H125NO8/c1-3-5-7-9-11-13-15-17-19-21-23-25-27-29-30-31-32-33-34-36-37-39-41-43-45-47-49-51-53-55-57-59-64(73)63(62-78-70-69(77)68(76)67(75)65(61-72)79-70)71-66(74)60-58-56-54-52-50-48-46-44-42-40-38-35-28-26-24-22-20-18-16-14-12-10-8-6-4-2/h6,8,12,14,18,20,24,26,35,38,49,51,57,59,63-65,67-70,72-73,75-77H,3-5,7,9-11,13,15-17,19,21-23,25,27-34,36-37,39-48,50,52-56,58,60-62H2,1-2H3,(H,71,74)/b8-6-,14-12-,20-18-,26-24-,38-35-,51-49+,59-57+. The highest BCUT2D eigenvalue weighted by Gasteiger charge is 2.44. The number of unbranched alkanes of at least 4 members (excludes halogenated alkanes) is 35. The fraction of sp³-hybridized carbons (Fsp3) is 0.786. The second-order valence-corrected chi connectivity index (χ2v) is 22.9. The molecule has 458 valence electrons. The van der Waals surface area contributed by atoms with E-state index in [-0.39, 0.29) is 12.5 Å². The van der Waals surface area contributed by atoms with Crippen molar-refractivity contribution >= 4 is 5.91 Å². The third kappa shape index (κ3) is 47.6. The number of aliphatic hydroxyl groups excluding tert-OH is 5. The first-order valence-electron chi connectivity index (χ1n) is 33.3. The van der Waals surface area contributed by atoms with Gasteiger partial charge in [-0.1, -0.05) is 298 Å². The van der Waals surface area contributed by atoms with Crippen LogP contribution in [-0.4, -0.2) is 87.5 Å². The van der Waals surface area contributed by atoms with Crippen LogP contribution in [0.2, 0.25) is 0 Å². The number of ether oxygens (including phenoxy) is 2. The minimum atomic E-state index is -1.58. The molecular formula is C70H125NO8. The molecule has 1 amide bonds. The van der Waals surface area contributed by atoms with Crippen LogP contribution in [0.25, 0.3) is 0 Å². The molecule has 1 aliphatic rings. The summed E-state index contributed by atoms with van der Waals surface area (Å²) >= 11 is 0. The quantitative estimate of drug-likeness (QED) is 0.0261. The number of rotatable bonds is 57. The van der Waals surface area contributed by atoms with Crippen LogP contribution in [0.15, 0.2) is 85.1 Å². The van der Waals surface area contributed by atoms with E-state index < -0.39 is 49.5 Å². The Morgan fingerprint density at radius 2 is 0.797 bits per heavy atom. The molecule has 0 radical (unpaired) electrons. The SMILES string of the molecule is CC/C=C\C/C=C\C/C=C\C/C=C\C/C=C\CCCCCCCCCCCC(=O)NC(COC1OC(CO)C(O)C(O)C1O)C(O)/C=C/CC/C=C/CCCCCCCCCCCCCCCCCCCCCCCCCCC. The van der Waals surface area contributed by atoms with Crippen molar-refractivity contribution in [3.63, 3.8) is 0 Å². The zero-order chi connectivity index (χ0) is 57.2. The molecule has 1 heterocycles. The maximum atomic E-state index is 13.1. The zero-order valence-electron chi connectivity index (χ0n) is 51.1. The lowest BCUT2D eigenvalue weighted by Crippen LogP contribution is -2.60. The first kappa shape index (κ1) is 74.4. The Labute approximate surface area is 486 Å². The maximum Gasteiger partial charge on any atom is 0.220 e. The van der Waals surface area contributed by atoms with E-state index in [1.54, 1.807) is 6.08 Å². The Morgan fingerprint density at radius 1 is 0.443 bits per heavy atom. The van der Waals surface area contributed by atoms with Crippen LogP contribution in [0.4, 0.5) is 0 Å². The molecule has 9 nitrogen and oxygen atoms in total. The van der Waals surface area contributed by atoms with Gasteiger partial charge in [-0.25, -0.2) is 0 Å². The number of amides is 1. The second-order valence-electron chi connectivity index (χ2n) is 22.9. The molecule has 0 aromatic rings. The van der Waals surface area contributed by atoms with Crippen LogP contribution < -0.4 is 5.32 Å². The number of allylic oxidation sites excluding steroid dienone is 13. The van der Waals surface area contributed by atoms with Gasteiger partial charge >= 0.3 is 0 Å². The van der Waals surface area contributed by atoms with E-state index in [0.29, 0.717) is 6.42 Å². The van der Waals surface area contributed by atoms with Crippen molar-refractivity contribution in [2.45, 2.75) is 339 Å². The summed E-state index contributed by atoms with van der Waals surface area (Å²) in [7, 11) is 0. The van der Waals surface area contributed by atoms with E-state index in [4.69, 9.17) is 9.47 Å². The molecule has 79 heavy (non-hydrogen) atoms. The first-order chi connectivity index (χ1) is 38.8. The number of carbonyl (C=O) groups excluding carboxylic acids is 1. The highest BCUT2D eigenvalue weighted by atomic mass is 16.7. The Balaban J connectivity index is 2.19. The van der Waals surface area contributed by atoms with Crippen molar-refractivity contribution in [1.82, 2.24) is 5.32 Å². The van der Waals surface area contributed by atoms with Crippen LogP contribution in [0.1, 0.15) is 296 Å². The molecule has 0 aromatic heterocycles. The van der Waals surface area contributed by atoms with Crippen molar-refractivity contribution in [3.05, 3.63) is 85.1 Å². The van der Waals surface area contributed by atoms with E-state index in [0.717, 1.165) is 83.5 Å². The average Bonchev–Trinajstić information content (AvgIpc) is 3.47. The number of hydrogen-bond donors (Lipinski definition) is 6. The Hall–Kier alpha value is -2.63. The van der Waals surface area contributed by atoms with Gasteiger partial charge in [0.2, 0.25) is 5.91 Å². The third-order valence-corrected chi connectivity index (χ3v) is 15.5. The predicted molar refractivity (Wildman–Crippen MR) is 336 cm³/mol. The Kier molecular flexibility index (Phi) is 55.1. The zero-order valence-corrected chi connectivity index (χ0v) is 51.1. The van der Waals surface area contributed by atoms with Crippen molar-refractivity contribution < 1.29 is 39.8 Å². The molecule has 1 fully saturated rings. The van der Waals surface area contributed by atoms with E-state index >= 15 is 0 Å². The second kappa shape index (κ2) is 58.6. The third-order valence-electron chi connectivity index (χ3n) is 15.5. The normalized spacial score (nSPS) is 19.1. The minimum absolute atomic E-state index is 0.193. The fourth-order valence-corrected chi connectivity index (χ4v) is 10.3. The summed E-state index contributed by atoms with van der Waals surface area (Å²) < 4.78 is 11.3. The molecule has 9 heteroatoms. The summed E-state index contributed by atoms with van der Waals surface area (Å²) in [6.45, 7) is 3.67. The molecule has 7 atom stereocenters. The molecule has 1 aliphatic heterocycles. The average molecular weight is 1110 g/mol. The van der Waals surface area contributed by atoms with Crippen LogP contribution >= 0.6 is 0 Å². The number of aliphatic hydroxyl groups is 5. The van der Waals surface area contributed by atoms with Crippen molar-refractivity contribution in [3.8, 4) is 0 Å². The summed E-state index contributed by atoms with van der Waals surface area (Å²) in [6, 6.07) is -0.832. The van der Waals surface area contributed by atoms with Gasteiger partial charge in [-0.2, -0.15) is 0 Å². The van der Waals surface area contributed by atoms with Gasteiger partial charge in [-0.3, -0.25) is 4.79 Å². The van der Waals surface area contributed by atoms with Crippen molar-refractivity contribution in [1.29, 1.82) is 0 Å². The molecule has 0 spiro atoms. The molecule has 7 unspecified atom stereocenters. The van der Waals surface area contributed by atoms with Gasteiger partial charge in [0.05, 0.1) is 25.4 Å². The predicted octanol–water partition coefficient (Wildman–Crippen LogP) is 17.7. The van der Waals surface area contributed by atoms with Gasteiger partial charge in [0.1, 0.15) is 24.4 Å². The Bertz CT molecular complexity index is 1520. The first-order valence-corrected chi connectivity index (χ1v) is 33.3. The number of hydrogen-bond acceptors (Lipinski definition) is 8. The van der Waals surface area contributed by atoms with Gasteiger partial charge in [-0.05, 0) is 77.0 Å². The number of carbonyl (C=O) groups is 1. The highest BCUT2D eigenvalue weighted by Crippen LogP contribution is 2.23. The smallest absolute Gasteiger partial charge is 0.220 e. The van der Waals surface area contributed by atoms with E-state index in [1.165, 1.54) is 193 Å². The van der Waals surface area contributed by atoms with E-state index in [9.17, 15) is 30.3 Å². The van der Waals surface area contributed by atoms with E-state index in [2.05, 4.69) is 92.1 Å². The molecule has 1 saturated heterocycles. The molecule has 0 bridgehead atoms. The van der Waals surface area contributed by atoms with Gasteiger partial charge < -0.3 is 40.3 Å². The minimum Gasteiger partial charge on any atom is -0.394 e. The van der Waals surface area contributed by atoms with Gasteiger partial charge in [0.15, 0.2) is 6.29 Å². The lowest BCUT2D eigenvalue weighted by molar-refractivity contribution is -0.302. The molecule has 0 aliphatic carbocycles. The fourth-order valence-electron chi connectivity index (χ4n) is 10.3. The topological polar surface area (TPSA) is 149 Å². The van der Waals surface area contributed by atoms with Crippen LogP contribution in [0, 0.1) is 0 Å².